The van der Waals surface area contributed by atoms with Gasteiger partial charge in [0.15, 0.2) is 11.5 Å². The minimum Gasteiger partial charge on any atom is -0.493 e. The molecule has 1 heterocycles. The second-order valence-electron chi connectivity index (χ2n) is 6.62. The largest absolute Gasteiger partial charge is 0.493 e. The third-order valence-electron chi connectivity index (χ3n) is 4.72. The number of benzene rings is 1. The fourth-order valence-corrected chi connectivity index (χ4v) is 3.27. The molecule has 1 amide bonds. The number of hydrogen-bond donors (Lipinski definition) is 2. The lowest BCUT2D eigenvalue weighted by Crippen LogP contribution is -2.35. The van der Waals surface area contributed by atoms with Gasteiger partial charge in [-0.05, 0) is 31.0 Å². The zero-order valence-electron chi connectivity index (χ0n) is 15.8. The first-order valence-corrected chi connectivity index (χ1v) is 9.32. The van der Waals surface area contributed by atoms with Crippen LogP contribution in [0.5, 0.6) is 11.5 Å². The minimum absolute atomic E-state index is 0.153. The molecule has 7 heteroatoms. The zero-order chi connectivity index (χ0) is 19.1. The van der Waals surface area contributed by atoms with Crippen LogP contribution < -0.4 is 20.1 Å². The van der Waals surface area contributed by atoms with Crippen LogP contribution in [-0.2, 0) is 0 Å². The van der Waals surface area contributed by atoms with Gasteiger partial charge in [-0.15, -0.1) is 0 Å². The molecule has 1 fully saturated rings. The molecule has 0 spiro atoms. The number of aromatic nitrogens is 2. The first kappa shape index (κ1) is 18.9. The average molecular weight is 370 g/mol. The van der Waals surface area contributed by atoms with Gasteiger partial charge in [0.2, 0.25) is 5.95 Å². The summed E-state index contributed by atoms with van der Waals surface area (Å²) in [5, 5.41) is 6.21. The molecule has 0 aliphatic heterocycles. The Hall–Kier alpha value is -2.83. The molecule has 0 bridgehead atoms. The van der Waals surface area contributed by atoms with E-state index in [0.717, 1.165) is 18.5 Å². The van der Waals surface area contributed by atoms with Crippen molar-refractivity contribution in [3.63, 3.8) is 0 Å². The maximum atomic E-state index is 12.5. The Morgan fingerprint density at radius 2 is 1.78 bits per heavy atom. The molecule has 1 aromatic carbocycles. The number of ether oxygens (including phenoxy) is 2. The van der Waals surface area contributed by atoms with Crippen LogP contribution in [0.15, 0.2) is 30.5 Å². The van der Waals surface area contributed by atoms with E-state index in [4.69, 9.17) is 9.47 Å². The Morgan fingerprint density at radius 1 is 1.04 bits per heavy atom. The molecule has 0 unspecified atom stereocenters. The standard InChI is InChI=1S/C20H26N4O3/c1-26-17-10-9-15(13-18(17)27-2)23-20-21-12-11-16(24-20)19(25)22-14-7-5-3-4-6-8-14/h9-14H,3-8H2,1-2H3,(H,22,25)(H,21,23,24). The van der Waals surface area contributed by atoms with E-state index in [0.29, 0.717) is 23.1 Å². The van der Waals surface area contributed by atoms with Crippen molar-refractivity contribution in [2.45, 2.75) is 44.6 Å². The van der Waals surface area contributed by atoms with Crippen LogP contribution in [0.25, 0.3) is 0 Å². The number of amides is 1. The van der Waals surface area contributed by atoms with Gasteiger partial charge in [-0.25, -0.2) is 9.97 Å². The van der Waals surface area contributed by atoms with Gasteiger partial charge in [-0.3, -0.25) is 4.79 Å². The van der Waals surface area contributed by atoms with Crippen molar-refractivity contribution in [2.75, 3.05) is 19.5 Å². The lowest BCUT2D eigenvalue weighted by molar-refractivity contribution is 0.0928. The summed E-state index contributed by atoms with van der Waals surface area (Å²) in [6.07, 6.45) is 8.49. The minimum atomic E-state index is -0.153. The number of rotatable bonds is 6. The van der Waals surface area contributed by atoms with E-state index >= 15 is 0 Å². The van der Waals surface area contributed by atoms with E-state index in [1.807, 2.05) is 6.07 Å². The van der Waals surface area contributed by atoms with Crippen LogP contribution in [0.2, 0.25) is 0 Å². The number of carbonyl (C=O) groups excluding carboxylic acids is 1. The molecule has 7 nitrogen and oxygen atoms in total. The Bertz CT molecular complexity index is 774. The van der Waals surface area contributed by atoms with Crippen LogP contribution in [0, 0.1) is 0 Å². The first-order chi connectivity index (χ1) is 13.2. The molecule has 3 rings (SSSR count). The highest BCUT2D eigenvalue weighted by Crippen LogP contribution is 2.30. The molecule has 144 valence electrons. The summed E-state index contributed by atoms with van der Waals surface area (Å²) in [7, 11) is 3.17. The number of hydrogen-bond acceptors (Lipinski definition) is 6. The molecule has 1 aliphatic rings. The van der Waals surface area contributed by atoms with Gasteiger partial charge < -0.3 is 20.1 Å². The highest BCUT2D eigenvalue weighted by Gasteiger charge is 2.17. The topological polar surface area (TPSA) is 85.4 Å². The Kier molecular flexibility index (Phi) is 6.46. The molecule has 0 saturated heterocycles. The lowest BCUT2D eigenvalue weighted by atomic mass is 10.1. The predicted molar refractivity (Wildman–Crippen MR) is 104 cm³/mol. The Morgan fingerprint density at radius 3 is 2.48 bits per heavy atom. The zero-order valence-corrected chi connectivity index (χ0v) is 15.8. The third-order valence-corrected chi connectivity index (χ3v) is 4.72. The molecule has 2 N–H and O–H groups in total. The molecular weight excluding hydrogens is 344 g/mol. The lowest BCUT2D eigenvalue weighted by Gasteiger charge is -2.16. The highest BCUT2D eigenvalue weighted by atomic mass is 16.5. The molecule has 0 radical (unpaired) electrons. The predicted octanol–water partition coefficient (Wildman–Crippen LogP) is 3.69. The number of methoxy groups -OCH3 is 2. The monoisotopic (exact) mass is 370 g/mol. The van der Waals surface area contributed by atoms with E-state index in [1.165, 1.54) is 25.7 Å². The highest BCUT2D eigenvalue weighted by molar-refractivity contribution is 5.92. The molecule has 2 aromatic rings. The molecule has 1 aliphatic carbocycles. The van der Waals surface area contributed by atoms with E-state index in [1.54, 1.807) is 38.6 Å². The number of nitrogens with zero attached hydrogens (tertiary/aromatic N) is 2. The van der Waals surface area contributed by atoms with Gasteiger partial charge >= 0.3 is 0 Å². The van der Waals surface area contributed by atoms with Crippen molar-refractivity contribution in [3.8, 4) is 11.5 Å². The van der Waals surface area contributed by atoms with Gasteiger partial charge in [0.1, 0.15) is 5.69 Å². The van der Waals surface area contributed by atoms with Crippen LogP contribution in [-0.4, -0.2) is 36.1 Å². The third kappa shape index (κ3) is 5.09. The normalized spacial score (nSPS) is 14.9. The van der Waals surface area contributed by atoms with E-state index in [-0.39, 0.29) is 11.9 Å². The first-order valence-electron chi connectivity index (χ1n) is 9.32. The molecule has 1 aromatic heterocycles. The fraction of sp³-hybridized carbons (Fsp3) is 0.450. The van der Waals surface area contributed by atoms with Crippen molar-refractivity contribution in [2.24, 2.45) is 0 Å². The van der Waals surface area contributed by atoms with Gasteiger partial charge in [0.05, 0.1) is 14.2 Å². The SMILES string of the molecule is COc1ccc(Nc2nccc(C(=O)NC3CCCCCC3)n2)cc1OC. The summed E-state index contributed by atoms with van der Waals surface area (Å²) in [6, 6.07) is 7.29. The molecule has 0 atom stereocenters. The number of anilines is 2. The van der Waals surface area contributed by atoms with Crippen molar-refractivity contribution in [1.29, 1.82) is 0 Å². The van der Waals surface area contributed by atoms with Crippen LogP contribution in [0.3, 0.4) is 0 Å². The van der Waals surface area contributed by atoms with E-state index in [2.05, 4.69) is 20.6 Å². The Labute approximate surface area is 159 Å². The smallest absolute Gasteiger partial charge is 0.270 e. The summed E-state index contributed by atoms with van der Waals surface area (Å²) in [5.74, 6) is 1.45. The summed E-state index contributed by atoms with van der Waals surface area (Å²) < 4.78 is 10.5. The summed E-state index contributed by atoms with van der Waals surface area (Å²) in [6.45, 7) is 0. The maximum Gasteiger partial charge on any atom is 0.270 e. The summed E-state index contributed by atoms with van der Waals surface area (Å²) in [4.78, 5) is 21.1. The van der Waals surface area contributed by atoms with Crippen LogP contribution in [0.1, 0.15) is 49.0 Å². The van der Waals surface area contributed by atoms with Crippen LogP contribution in [0.4, 0.5) is 11.6 Å². The van der Waals surface area contributed by atoms with E-state index in [9.17, 15) is 4.79 Å². The van der Waals surface area contributed by atoms with Crippen molar-refractivity contribution < 1.29 is 14.3 Å². The van der Waals surface area contributed by atoms with Gasteiger partial charge in [-0.1, -0.05) is 25.7 Å². The fourth-order valence-electron chi connectivity index (χ4n) is 3.27. The Balaban J connectivity index is 1.68. The van der Waals surface area contributed by atoms with Gasteiger partial charge in [0, 0.05) is 24.0 Å². The van der Waals surface area contributed by atoms with Gasteiger partial charge in [0.25, 0.3) is 5.91 Å². The number of carbonyl (C=O) groups is 1. The molecule has 1 saturated carbocycles. The quantitative estimate of drug-likeness (QED) is 0.755. The second kappa shape index (κ2) is 9.21. The molecular formula is C20H26N4O3. The van der Waals surface area contributed by atoms with Gasteiger partial charge in [-0.2, -0.15) is 0 Å². The maximum absolute atomic E-state index is 12.5. The second-order valence-corrected chi connectivity index (χ2v) is 6.62. The molecule has 27 heavy (non-hydrogen) atoms. The van der Waals surface area contributed by atoms with Crippen molar-refractivity contribution in [1.82, 2.24) is 15.3 Å². The average Bonchev–Trinajstić information content (AvgIpc) is 2.96. The number of nitrogens with one attached hydrogen (secondary N) is 2. The van der Waals surface area contributed by atoms with E-state index < -0.39 is 0 Å². The van der Waals surface area contributed by atoms with Crippen LogP contribution >= 0.6 is 0 Å². The van der Waals surface area contributed by atoms with Crippen molar-refractivity contribution in [3.05, 3.63) is 36.2 Å². The van der Waals surface area contributed by atoms with Crippen molar-refractivity contribution >= 4 is 17.5 Å². The summed E-state index contributed by atoms with van der Waals surface area (Å²) >= 11 is 0. The summed E-state index contributed by atoms with van der Waals surface area (Å²) in [5.41, 5.74) is 1.10.